The molecule has 0 aliphatic carbocycles. The van der Waals surface area contributed by atoms with Gasteiger partial charge < -0.3 is 9.52 Å². The van der Waals surface area contributed by atoms with Crippen molar-refractivity contribution in [3.63, 3.8) is 0 Å². The molecule has 0 saturated carbocycles. The lowest BCUT2D eigenvalue weighted by atomic mass is 9.97. The third-order valence-corrected chi connectivity index (χ3v) is 3.98. The molecule has 4 nitrogen and oxygen atoms in total. The zero-order valence-corrected chi connectivity index (χ0v) is 12.5. The van der Waals surface area contributed by atoms with Crippen molar-refractivity contribution in [1.29, 1.82) is 10.7 Å². The quantitative estimate of drug-likeness (QED) is 0.690. The maximum absolute atomic E-state index is 9.56. The molecule has 2 aromatic carbocycles. The summed E-state index contributed by atoms with van der Waals surface area (Å²) < 4.78 is 5.31. The van der Waals surface area contributed by atoms with Crippen LogP contribution in [0.2, 0.25) is 10.0 Å². The summed E-state index contributed by atoms with van der Waals surface area (Å²) in [7, 11) is 0. The van der Waals surface area contributed by atoms with Crippen LogP contribution >= 0.6 is 23.2 Å². The monoisotopic (exact) mass is 330 g/mol. The van der Waals surface area contributed by atoms with Gasteiger partial charge in [-0.05, 0) is 29.8 Å². The van der Waals surface area contributed by atoms with Crippen LogP contribution in [0.25, 0.3) is 22.1 Å². The Hall–Kier alpha value is -2.48. The standard InChI is InChI=1S/C16H8Cl2N2O2/c17-12-4-1-8(5-13(12)18)15-10-3-2-9(21)6-14(10)22-16(20)11(15)7-19/h1-6,20-21H. The van der Waals surface area contributed by atoms with Gasteiger partial charge in [0, 0.05) is 17.0 Å². The summed E-state index contributed by atoms with van der Waals surface area (Å²) in [6.45, 7) is 0. The molecule has 0 bridgehead atoms. The Morgan fingerprint density at radius 2 is 1.86 bits per heavy atom. The number of phenolic OH excluding ortho intramolecular Hbond substituents is 1. The molecule has 0 atom stereocenters. The smallest absolute Gasteiger partial charge is 0.230 e. The van der Waals surface area contributed by atoms with E-state index in [0.717, 1.165) is 0 Å². The summed E-state index contributed by atoms with van der Waals surface area (Å²) in [5, 5.41) is 28.2. The predicted octanol–water partition coefficient (Wildman–Crippen LogP) is 4.46. The minimum Gasteiger partial charge on any atom is -0.508 e. The number of rotatable bonds is 1. The van der Waals surface area contributed by atoms with Crippen LogP contribution in [0.1, 0.15) is 5.56 Å². The Kier molecular flexibility index (Phi) is 3.53. The van der Waals surface area contributed by atoms with Crippen molar-refractivity contribution in [3.05, 3.63) is 57.6 Å². The second-order valence-corrected chi connectivity index (χ2v) is 5.42. The molecule has 0 unspecified atom stereocenters. The van der Waals surface area contributed by atoms with Crippen molar-refractivity contribution in [2.24, 2.45) is 0 Å². The molecule has 2 N–H and O–H groups in total. The summed E-state index contributed by atoms with van der Waals surface area (Å²) >= 11 is 12.0. The van der Waals surface area contributed by atoms with E-state index >= 15 is 0 Å². The lowest BCUT2D eigenvalue weighted by molar-refractivity contribution is 0.472. The molecule has 22 heavy (non-hydrogen) atoms. The maximum atomic E-state index is 9.56. The fourth-order valence-electron chi connectivity index (χ4n) is 2.27. The van der Waals surface area contributed by atoms with Crippen molar-refractivity contribution >= 4 is 34.2 Å². The van der Waals surface area contributed by atoms with E-state index in [-0.39, 0.29) is 16.9 Å². The predicted molar refractivity (Wildman–Crippen MR) is 83.9 cm³/mol. The molecule has 0 aliphatic heterocycles. The van der Waals surface area contributed by atoms with Crippen molar-refractivity contribution in [3.8, 4) is 22.9 Å². The second-order valence-electron chi connectivity index (χ2n) is 4.60. The Balaban J connectivity index is 2.47. The zero-order chi connectivity index (χ0) is 15.9. The van der Waals surface area contributed by atoms with Crippen molar-refractivity contribution in [1.82, 2.24) is 0 Å². The van der Waals surface area contributed by atoms with Crippen molar-refractivity contribution < 1.29 is 9.52 Å². The molecule has 1 aromatic heterocycles. The molecule has 1 heterocycles. The lowest BCUT2D eigenvalue weighted by Gasteiger charge is -2.10. The zero-order valence-electron chi connectivity index (χ0n) is 11.0. The molecule has 3 aromatic rings. The normalized spacial score (nSPS) is 10.6. The van der Waals surface area contributed by atoms with E-state index in [2.05, 4.69) is 0 Å². The molecule has 108 valence electrons. The molecular formula is C16H8Cl2N2O2. The van der Waals surface area contributed by atoms with Gasteiger partial charge in [-0.15, -0.1) is 0 Å². The Labute approximate surface area is 135 Å². The van der Waals surface area contributed by atoms with Crippen LogP contribution in [0.4, 0.5) is 0 Å². The highest BCUT2D eigenvalue weighted by atomic mass is 35.5. The number of hydrogen-bond donors (Lipinski definition) is 2. The Morgan fingerprint density at radius 3 is 2.55 bits per heavy atom. The number of phenols is 1. The molecule has 6 heteroatoms. The summed E-state index contributed by atoms with van der Waals surface area (Å²) in [6, 6.07) is 11.5. The lowest BCUT2D eigenvalue weighted by Crippen LogP contribution is -2.07. The number of aromatic hydroxyl groups is 1. The minimum absolute atomic E-state index is 0.0143. The number of hydrogen-bond acceptors (Lipinski definition) is 4. The molecule has 0 fully saturated rings. The largest absolute Gasteiger partial charge is 0.508 e. The number of fused-ring (bicyclic) bond motifs is 1. The van der Waals surface area contributed by atoms with Gasteiger partial charge in [0.15, 0.2) is 0 Å². The fourth-order valence-corrected chi connectivity index (χ4v) is 2.57. The second kappa shape index (κ2) is 5.38. The van der Waals surface area contributed by atoms with Crippen molar-refractivity contribution in [2.45, 2.75) is 0 Å². The number of benzene rings is 2. The topological polar surface area (TPSA) is 81.0 Å². The van der Waals surface area contributed by atoms with Crippen molar-refractivity contribution in [2.75, 3.05) is 0 Å². The third-order valence-electron chi connectivity index (χ3n) is 3.24. The third kappa shape index (κ3) is 2.31. The number of nitrogens with one attached hydrogen (secondary N) is 1. The maximum Gasteiger partial charge on any atom is 0.230 e. The van der Waals surface area contributed by atoms with E-state index in [1.165, 1.54) is 12.1 Å². The highest BCUT2D eigenvalue weighted by Gasteiger charge is 2.15. The summed E-state index contributed by atoms with van der Waals surface area (Å²) in [5.74, 6) is 0.0143. The molecule has 0 amide bonds. The van der Waals surface area contributed by atoms with Gasteiger partial charge in [-0.25, -0.2) is 0 Å². The van der Waals surface area contributed by atoms with Gasteiger partial charge in [-0.2, -0.15) is 5.26 Å². The summed E-state index contributed by atoms with van der Waals surface area (Å²) in [4.78, 5) is 0. The molecule has 3 rings (SSSR count). The first kappa shape index (κ1) is 14.5. The summed E-state index contributed by atoms with van der Waals surface area (Å²) in [5.41, 5.74) is 1.29. The van der Waals surface area contributed by atoms with E-state index < -0.39 is 0 Å². The highest BCUT2D eigenvalue weighted by molar-refractivity contribution is 6.42. The van der Waals surface area contributed by atoms with Crippen LogP contribution in [-0.4, -0.2) is 5.11 Å². The van der Waals surface area contributed by atoms with Crippen LogP contribution < -0.4 is 5.55 Å². The van der Waals surface area contributed by atoms with Gasteiger partial charge in [0.1, 0.15) is 23.0 Å². The van der Waals surface area contributed by atoms with E-state index in [1.807, 2.05) is 6.07 Å². The van der Waals surface area contributed by atoms with E-state index in [1.54, 1.807) is 24.3 Å². The summed E-state index contributed by atoms with van der Waals surface area (Å²) in [6.07, 6.45) is 0. The minimum atomic E-state index is -0.276. The van der Waals surface area contributed by atoms with E-state index in [9.17, 15) is 10.4 Å². The fraction of sp³-hybridized carbons (Fsp3) is 0. The molecule has 0 saturated heterocycles. The molecule has 0 aliphatic rings. The first-order chi connectivity index (χ1) is 10.5. The van der Waals surface area contributed by atoms with Gasteiger partial charge in [0.25, 0.3) is 0 Å². The SMILES string of the molecule is N#Cc1c(-c2ccc(Cl)c(Cl)c2)c2ccc(O)cc2oc1=N. The molecular weight excluding hydrogens is 323 g/mol. The Bertz CT molecular complexity index is 1000. The number of nitriles is 1. The number of halogens is 2. The highest BCUT2D eigenvalue weighted by Crippen LogP contribution is 2.34. The van der Waals surface area contributed by atoms with Crippen LogP contribution in [0.3, 0.4) is 0 Å². The van der Waals surface area contributed by atoms with Crippen LogP contribution in [0.5, 0.6) is 5.75 Å². The van der Waals surface area contributed by atoms with Gasteiger partial charge >= 0.3 is 0 Å². The van der Waals surface area contributed by atoms with Crippen LogP contribution in [0.15, 0.2) is 40.8 Å². The van der Waals surface area contributed by atoms with Gasteiger partial charge in [0.05, 0.1) is 10.0 Å². The van der Waals surface area contributed by atoms with Gasteiger partial charge in [-0.3, -0.25) is 5.41 Å². The van der Waals surface area contributed by atoms with E-state index in [4.69, 9.17) is 33.0 Å². The van der Waals surface area contributed by atoms with Gasteiger partial charge in [-0.1, -0.05) is 29.3 Å². The average Bonchev–Trinajstić information content (AvgIpc) is 2.48. The first-order valence-corrected chi connectivity index (χ1v) is 6.97. The van der Waals surface area contributed by atoms with Crippen LogP contribution in [0, 0.1) is 16.7 Å². The Morgan fingerprint density at radius 1 is 1.09 bits per heavy atom. The first-order valence-electron chi connectivity index (χ1n) is 6.21. The van der Waals surface area contributed by atoms with E-state index in [0.29, 0.717) is 32.1 Å². The molecule has 0 spiro atoms. The average molecular weight is 331 g/mol. The van der Waals surface area contributed by atoms with Crippen LogP contribution in [-0.2, 0) is 0 Å². The van der Waals surface area contributed by atoms with Gasteiger partial charge in [0.2, 0.25) is 5.55 Å². The molecule has 0 radical (unpaired) electrons. The number of nitrogens with zero attached hydrogens (tertiary/aromatic N) is 1.